The van der Waals surface area contributed by atoms with Gasteiger partial charge in [0.05, 0.1) is 24.2 Å². The van der Waals surface area contributed by atoms with E-state index in [4.69, 9.17) is 10.00 Å². The Kier molecular flexibility index (Phi) is 8.09. The Morgan fingerprint density at radius 2 is 1.89 bits per heavy atom. The van der Waals surface area contributed by atoms with Gasteiger partial charge in [0, 0.05) is 6.54 Å². The summed E-state index contributed by atoms with van der Waals surface area (Å²) in [5, 5.41) is 12.3. The van der Waals surface area contributed by atoms with Crippen LogP contribution in [0.25, 0.3) is 0 Å². The molecule has 1 saturated carbocycles. The summed E-state index contributed by atoms with van der Waals surface area (Å²) in [6, 6.07) is 2.35. The molecule has 1 aliphatic rings. The molecule has 0 aromatic heterocycles. The van der Waals surface area contributed by atoms with E-state index < -0.39 is 0 Å². The fourth-order valence-electron chi connectivity index (χ4n) is 2.53. The van der Waals surface area contributed by atoms with Crippen LogP contribution in [0.2, 0.25) is 0 Å². The zero-order valence-corrected chi connectivity index (χ0v) is 12.7. The minimum atomic E-state index is -0.163. The van der Waals surface area contributed by atoms with E-state index in [9.17, 15) is 0 Å². The molecule has 0 radical (unpaired) electrons. The van der Waals surface area contributed by atoms with Gasteiger partial charge < -0.3 is 10.1 Å². The molecular weight excluding hydrogens is 236 g/mol. The van der Waals surface area contributed by atoms with Crippen LogP contribution >= 0.6 is 0 Å². The fraction of sp³-hybridized carbons (Fsp3) is 0.938. The Labute approximate surface area is 118 Å². The predicted molar refractivity (Wildman–Crippen MR) is 78.9 cm³/mol. The Hall–Kier alpha value is -0.590. The van der Waals surface area contributed by atoms with Crippen LogP contribution in [-0.4, -0.2) is 25.8 Å². The minimum Gasteiger partial charge on any atom is -0.377 e. The van der Waals surface area contributed by atoms with Crippen molar-refractivity contribution >= 4 is 0 Å². The molecule has 1 fully saturated rings. The third kappa shape index (κ3) is 8.23. The molecule has 3 nitrogen and oxygen atoms in total. The number of nitriles is 1. The highest BCUT2D eigenvalue weighted by Gasteiger charge is 2.15. The van der Waals surface area contributed by atoms with Crippen LogP contribution < -0.4 is 5.32 Å². The second-order valence-electron chi connectivity index (χ2n) is 6.33. The van der Waals surface area contributed by atoms with Gasteiger partial charge in [-0.3, -0.25) is 0 Å². The van der Waals surface area contributed by atoms with Crippen LogP contribution in [-0.2, 0) is 4.74 Å². The summed E-state index contributed by atoms with van der Waals surface area (Å²) in [6.45, 7) is 6.86. The van der Waals surface area contributed by atoms with Gasteiger partial charge >= 0.3 is 0 Å². The van der Waals surface area contributed by atoms with Crippen LogP contribution in [0.5, 0.6) is 0 Å². The van der Waals surface area contributed by atoms with E-state index in [2.05, 4.69) is 11.4 Å². The maximum absolute atomic E-state index is 8.91. The summed E-state index contributed by atoms with van der Waals surface area (Å²) in [6.07, 6.45) is 10.4. The van der Waals surface area contributed by atoms with Crippen molar-refractivity contribution in [1.82, 2.24) is 5.32 Å². The van der Waals surface area contributed by atoms with Gasteiger partial charge in [0.15, 0.2) is 0 Å². The van der Waals surface area contributed by atoms with E-state index in [0.29, 0.717) is 6.10 Å². The normalized spacial score (nSPS) is 17.3. The molecule has 0 aromatic carbocycles. The second kappa shape index (κ2) is 9.34. The van der Waals surface area contributed by atoms with Gasteiger partial charge in [0.2, 0.25) is 0 Å². The van der Waals surface area contributed by atoms with Crippen molar-refractivity contribution in [2.75, 3.05) is 19.7 Å². The van der Waals surface area contributed by atoms with Crippen molar-refractivity contribution in [3.8, 4) is 6.07 Å². The Balaban J connectivity index is 1.85. The quantitative estimate of drug-likeness (QED) is 0.648. The van der Waals surface area contributed by atoms with E-state index in [1.54, 1.807) is 0 Å². The van der Waals surface area contributed by atoms with Crippen LogP contribution in [0.3, 0.4) is 0 Å². The SMILES string of the molecule is CC(C)(C#N)CCCCNCCOC1CCCCC1. The van der Waals surface area contributed by atoms with Crippen molar-refractivity contribution in [1.29, 1.82) is 5.26 Å². The van der Waals surface area contributed by atoms with Crippen molar-refractivity contribution in [3.05, 3.63) is 0 Å². The first-order valence-corrected chi connectivity index (χ1v) is 7.88. The first kappa shape index (κ1) is 16.5. The summed E-state index contributed by atoms with van der Waals surface area (Å²) in [7, 11) is 0. The van der Waals surface area contributed by atoms with Crippen molar-refractivity contribution in [2.45, 2.75) is 71.3 Å². The van der Waals surface area contributed by atoms with E-state index in [1.807, 2.05) is 13.8 Å². The van der Waals surface area contributed by atoms with Crippen molar-refractivity contribution in [2.24, 2.45) is 5.41 Å². The van der Waals surface area contributed by atoms with Crippen LogP contribution in [0.1, 0.15) is 65.2 Å². The molecule has 1 aliphatic carbocycles. The topological polar surface area (TPSA) is 45.0 Å². The van der Waals surface area contributed by atoms with Gasteiger partial charge in [0.25, 0.3) is 0 Å². The maximum Gasteiger partial charge on any atom is 0.0683 e. The van der Waals surface area contributed by atoms with Gasteiger partial charge in [-0.2, -0.15) is 5.26 Å². The third-order valence-electron chi connectivity index (χ3n) is 3.89. The third-order valence-corrected chi connectivity index (χ3v) is 3.89. The molecule has 3 heteroatoms. The first-order chi connectivity index (χ1) is 9.14. The lowest BCUT2D eigenvalue weighted by Gasteiger charge is -2.22. The molecule has 0 heterocycles. The first-order valence-electron chi connectivity index (χ1n) is 7.88. The standard InChI is InChI=1S/C16H30N2O/c1-16(2,14-17)10-6-7-11-18-12-13-19-15-8-4-3-5-9-15/h15,18H,3-13H2,1-2H3. The lowest BCUT2D eigenvalue weighted by Crippen LogP contribution is -2.25. The van der Waals surface area contributed by atoms with Gasteiger partial charge in [0.1, 0.15) is 0 Å². The predicted octanol–water partition coefficient (Wildman–Crippen LogP) is 3.65. The summed E-state index contributed by atoms with van der Waals surface area (Å²) in [5.41, 5.74) is -0.163. The molecule has 1 N–H and O–H groups in total. The number of rotatable bonds is 9. The van der Waals surface area contributed by atoms with E-state index >= 15 is 0 Å². The molecular formula is C16H30N2O. The molecule has 0 amide bonds. The average Bonchev–Trinajstić information content (AvgIpc) is 2.43. The Morgan fingerprint density at radius 1 is 1.16 bits per heavy atom. The summed E-state index contributed by atoms with van der Waals surface area (Å²) >= 11 is 0. The van der Waals surface area contributed by atoms with Gasteiger partial charge in [-0.1, -0.05) is 25.7 Å². The van der Waals surface area contributed by atoms with Gasteiger partial charge in [-0.05, 0) is 46.1 Å². The minimum absolute atomic E-state index is 0.163. The summed E-state index contributed by atoms with van der Waals surface area (Å²) in [5.74, 6) is 0. The lowest BCUT2D eigenvalue weighted by molar-refractivity contribution is 0.0303. The highest BCUT2D eigenvalue weighted by atomic mass is 16.5. The van der Waals surface area contributed by atoms with Gasteiger partial charge in [-0.25, -0.2) is 0 Å². The van der Waals surface area contributed by atoms with Crippen molar-refractivity contribution < 1.29 is 4.74 Å². The number of unbranched alkanes of at least 4 members (excludes halogenated alkanes) is 1. The second-order valence-corrected chi connectivity index (χ2v) is 6.33. The number of hydrogen-bond acceptors (Lipinski definition) is 3. The number of nitrogens with zero attached hydrogens (tertiary/aromatic N) is 1. The average molecular weight is 266 g/mol. The molecule has 0 aromatic rings. The molecule has 110 valence electrons. The smallest absolute Gasteiger partial charge is 0.0683 e. The van der Waals surface area contributed by atoms with E-state index in [1.165, 1.54) is 32.1 Å². The zero-order valence-electron chi connectivity index (χ0n) is 12.7. The van der Waals surface area contributed by atoms with E-state index in [0.717, 1.165) is 39.0 Å². The maximum atomic E-state index is 8.91. The number of nitrogens with one attached hydrogen (secondary N) is 1. The Morgan fingerprint density at radius 3 is 2.58 bits per heavy atom. The monoisotopic (exact) mass is 266 g/mol. The molecule has 0 aliphatic heterocycles. The summed E-state index contributed by atoms with van der Waals surface area (Å²) in [4.78, 5) is 0. The molecule has 0 unspecified atom stereocenters. The molecule has 0 atom stereocenters. The van der Waals surface area contributed by atoms with Crippen LogP contribution in [0, 0.1) is 16.7 Å². The summed E-state index contributed by atoms with van der Waals surface area (Å²) < 4.78 is 5.86. The zero-order chi connectivity index (χ0) is 14.0. The van der Waals surface area contributed by atoms with Crippen molar-refractivity contribution in [3.63, 3.8) is 0 Å². The number of hydrogen-bond donors (Lipinski definition) is 1. The van der Waals surface area contributed by atoms with Gasteiger partial charge in [-0.15, -0.1) is 0 Å². The van der Waals surface area contributed by atoms with E-state index in [-0.39, 0.29) is 5.41 Å². The highest BCUT2D eigenvalue weighted by molar-refractivity contribution is 4.91. The molecule has 1 rings (SSSR count). The largest absolute Gasteiger partial charge is 0.377 e. The molecule has 0 spiro atoms. The number of ether oxygens (including phenoxy) is 1. The van der Waals surface area contributed by atoms with Crippen LogP contribution in [0.15, 0.2) is 0 Å². The molecule has 0 bridgehead atoms. The fourth-order valence-corrected chi connectivity index (χ4v) is 2.53. The highest BCUT2D eigenvalue weighted by Crippen LogP contribution is 2.21. The lowest BCUT2D eigenvalue weighted by atomic mass is 9.89. The molecule has 19 heavy (non-hydrogen) atoms. The molecule has 0 saturated heterocycles. The van der Waals surface area contributed by atoms with Crippen LogP contribution in [0.4, 0.5) is 0 Å². The Bertz CT molecular complexity index is 264.